The molecule has 19 heavy (non-hydrogen) atoms. The zero-order valence-corrected chi connectivity index (χ0v) is 11.9. The zero-order valence-electron chi connectivity index (χ0n) is 11.9. The molecule has 0 radical (unpaired) electrons. The van der Waals surface area contributed by atoms with Gasteiger partial charge in [-0.3, -0.25) is 4.79 Å². The first-order valence-corrected chi connectivity index (χ1v) is 6.65. The van der Waals surface area contributed by atoms with Crippen LogP contribution in [-0.4, -0.2) is 5.91 Å². The number of rotatable bonds is 2. The van der Waals surface area contributed by atoms with Crippen molar-refractivity contribution < 1.29 is 9.18 Å². The molecule has 0 saturated heterocycles. The van der Waals surface area contributed by atoms with Crippen LogP contribution in [0.5, 0.6) is 0 Å². The number of carbonyl (C=O) groups is 1. The maximum Gasteiger partial charge on any atom is 0.232 e. The van der Waals surface area contributed by atoms with Crippen molar-refractivity contribution in [2.75, 3.05) is 5.32 Å². The summed E-state index contributed by atoms with van der Waals surface area (Å²) in [5.74, 6) is -0.662. The van der Waals surface area contributed by atoms with Crippen molar-refractivity contribution in [3.63, 3.8) is 0 Å². The van der Waals surface area contributed by atoms with Gasteiger partial charge in [-0.15, -0.1) is 0 Å². The van der Waals surface area contributed by atoms with Crippen LogP contribution in [0.4, 0.5) is 10.1 Å². The summed E-state index contributed by atoms with van der Waals surface area (Å²) in [6.45, 7) is 7.93. The van der Waals surface area contributed by atoms with Crippen molar-refractivity contribution >= 4 is 11.6 Å². The Morgan fingerprint density at radius 2 is 2.05 bits per heavy atom. The third kappa shape index (κ3) is 2.37. The lowest BCUT2D eigenvalue weighted by Gasteiger charge is -2.29. The summed E-state index contributed by atoms with van der Waals surface area (Å²) < 4.78 is 13.8. The third-order valence-electron chi connectivity index (χ3n) is 3.78. The second-order valence-corrected chi connectivity index (χ2v) is 6.25. The Labute approximate surface area is 113 Å². The SMILES string of the molecule is CCC1C(=O)Nc2c1cc(F)cc2C(N)C(C)(C)C. The summed E-state index contributed by atoms with van der Waals surface area (Å²) >= 11 is 0. The summed E-state index contributed by atoms with van der Waals surface area (Å²) in [5, 5.41) is 2.86. The van der Waals surface area contributed by atoms with Crippen LogP contribution >= 0.6 is 0 Å². The summed E-state index contributed by atoms with van der Waals surface area (Å²) in [4.78, 5) is 11.9. The fourth-order valence-electron chi connectivity index (χ4n) is 2.54. The average Bonchev–Trinajstić information content (AvgIpc) is 2.61. The van der Waals surface area contributed by atoms with Gasteiger partial charge in [0, 0.05) is 11.7 Å². The number of hydrogen-bond acceptors (Lipinski definition) is 2. The largest absolute Gasteiger partial charge is 0.325 e. The molecular weight excluding hydrogens is 243 g/mol. The molecule has 4 heteroatoms. The predicted molar refractivity (Wildman–Crippen MR) is 74.4 cm³/mol. The first-order valence-electron chi connectivity index (χ1n) is 6.65. The van der Waals surface area contributed by atoms with Crippen molar-refractivity contribution in [1.29, 1.82) is 0 Å². The van der Waals surface area contributed by atoms with E-state index < -0.39 is 0 Å². The fourth-order valence-corrected chi connectivity index (χ4v) is 2.54. The van der Waals surface area contributed by atoms with Crippen LogP contribution in [0.3, 0.4) is 0 Å². The van der Waals surface area contributed by atoms with E-state index in [1.165, 1.54) is 12.1 Å². The van der Waals surface area contributed by atoms with Crippen molar-refractivity contribution in [1.82, 2.24) is 0 Å². The van der Waals surface area contributed by atoms with Crippen LogP contribution in [0.25, 0.3) is 0 Å². The fraction of sp³-hybridized carbons (Fsp3) is 0.533. The first kappa shape index (κ1) is 14.0. The molecule has 2 rings (SSSR count). The van der Waals surface area contributed by atoms with Crippen LogP contribution in [0.1, 0.15) is 57.2 Å². The number of fused-ring (bicyclic) bond motifs is 1. The topological polar surface area (TPSA) is 55.1 Å². The Balaban J connectivity index is 2.57. The molecule has 0 saturated carbocycles. The molecule has 3 N–H and O–H groups in total. The van der Waals surface area contributed by atoms with Gasteiger partial charge in [0.05, 0.1) is 5.92 Å². The predicted octanol–water partition coefficient (Wildman–Crippen LogP) is 3.32. The van der Waals surface area contributed by atoms with Gasteiger partial charge in [-0.05, 0) is 35.1 Å². The van der Waals surface area contributed by atoms with E-state index in [9.17, 15) is 9.18 Å². The van der Waals surface area contributed by atoms with Crippen molar-refractivity contribution in [2.24, 2.45) is 11.1 Å². The van der Waals surface area contributed by atoms with Gasteiger partial charge in [0.15, 0.2) is 0 Å². The number of nitrogens with two attached hydrogens (primary N) is 1. The second kappa shape index (κ2) is 4.60. The highest BCUT2D eigenvalue weighted by Crippen LogP contribution is 2.43. The lowest BCUT2D eigenvalue weighted by Crippen LogP contribution is -2.27. The van der Waals surface area contributed by atoms with E-state index in [1.807, 2.05) is 27.7 Å². The highest BCUT2D eigenvalue weighted by Gasteiger charge is 2.35. The number of halogens is 1. The molecular formula is C15H21FN2O. The van der Waals surface area contributed by atoms with Crippen molar-refractivity contribution in [3.8, 4) is 0 Å². The van der Waals surface area contributed by atoms with E-state index in [4.69, 9.17) is 5.73 Å². The van der Waals surface area contributed by atoms with Gasteiger partial charge in [-0.2, -0.15) is 0 Å². The molecule has 0 bridgehead atoms. The molecule has 0 fully saturated rings. The van der Waals surface area contributed by atoms with Crippen molar-refractivity contribution in [2.45, 2.75) is 46.1 Å². The minimum Gasteiger partial charge on any atom is -0.325 e. The van der Waals surface area contributed by atoms with Crippen LogP contribution in [0.2, 0.25) is 0 Å². The lowest BCUT2D eigenvalue weighted by molar-refractivity contribution is -0.117. The van der Waals surface area contributed by atoms with E-state index in [0.717, 1.165) is 5.56 Å². The quantitative estimate of drug-likeness (QED) is 0.861. The maximum absolute atomic E-state index is 13.8. The number of nitrogens with one attached hydrogen (secondary N) is 1. The van der Waals surface area contributed by atoms with E-state index in [1.54, 1.807) is 0 Å². The number of hydrogen-bond donors (Lipinski definition) is 2. The molecule has 0 spiro atoms. The second-order valence-electron chi connectivity index (χ2n) is 6.25. The molecule has 1 heterocycles. The Kier molecular flexibility index (Phi) is 3.39. The smallest absolute Gasteiger partial charge is 0.232 e. The Hall–Kier alpha value is -1.42. The standard InChI is InChI=1S/C15H21FN2O/c1-5-9-10-6-8(16)7-11(12(10)18-14(9)19)13(17)15(2,3)4/h6-7,9,13H,5,17H2,1-4H3,(H,18,19). The minimum absolute atomic E-state index is 0.0644. The molecule has 104 valence electrons. The minimum atomic E-state index is -0.330. The molecule has 1 aromatic rings. The lowest BCUT2D eigenvalue weighted by atomic mass is 9.81. The van der Waals surface area contributed by atoms with Crippen molar-refractivity contribution in [3.05, 3.63) is 29.1 Å². The number of anilines is 1. The maximum atomic E-state index is 13.8. The molecule has 0 aliphatic carbocycles. The molecule has 3 nitrogen and oxygen atoms in total. The normalized spacial score (nSPS) is 20.1. The Morgan fingerprint density at radius 3 is 2.58 bits per heavy atom. The van der Waals surface area contributed by atoms with E-state index >= 15 is 0 Å². The van der Waals surface area contributed by atoms with Crippen LogP contribution in [0, 0.1) is 11.2 Å². The van der Waals surface area contributed by atoms with Gasteiger partial charge in [-0.25, -0.2) is 4.39 Å². The van der Waals surface area contributed by atoms with Crippen LogP contribution < -0.4 is 11.1 Å². The van der Waals surface area contributed by atoms with Gasteiger partial charge >= 0.3 is 0 Å². The van der Waals surface area contributed by atoms with E-state index in [0.29, 0.717) is 17.7 Å². The highest BCUT2D eigenvalue weighted by atomic mass is 19.1. The Morgan fingerprint density at radius 1 is 1.42 bits per heavy atom. The zero-order chi connectivity index (χ0) is 14.4. The molecule has 0 aromatic heterocycles. The van der Waals surface area contributed by atoms with E-state index in [-0.39, 0.29) is 29.1 Å². The summed E-state index contributed by atoms with van der Waals surface area (Å²) in [6, 6.07) is 2.56. The van der Waals surface area contributed by atoms with Gasteiger partial charge < -0.3 is 11.1 Å². The van der Waals surface area contributed by atoms with Gasteiger partial charge in [-0.1, -0.05) is 27.7 Å². The number of benzene rings is 1. The van der Waals surface area contributed by atoms with Gasteiger partial charge in [0.1, 0.15) is 5.82 Å². The monoisotopic (exact) mass is 264 g/mol. The summed E-state index contributed by atoms with van der Waals surface area (Å²) in [5.41, 5.74) is 8.16. The van der Waals surface area contributed by atoms with Gasteiger partial charge in [0.25, 0.3) is 0 Å². The third-order valence-corrected chi connectivity index (χ3v) is 3.78. The van der Waals surface area contributed by atoms with Crippen LogP contribution in [-0.2, 0) is 4.79 Å². The molecule has 1 amide bonds. The Bertz CT molecular complexity index is 520. The summed E-state index contributed by atoms with van der Waals surface area (Å²) in [6.07, 6.45) is 0.659. The number of amides is 1. The molecule has 1 aliphatic rings. The number of carbonyl (C=O) groups excluding carboxylic acids is 1. The van der Waals surface area contributed by atoms with E-state index in [2.05, 4.69) is 5.32 Å². The first-order chi connectivity index (χ1) is 8.75. The summed E-state index contributed by atoms with van der Waals surface area (Å²) in [7, 11) is 0. The molecule has 1 aliphatic heterocycles. The average molecular weight is 264 g/mol. The van der Waals surface area contributed by atoms with Crippen LogP contribution in [0.15, 0.2) is 12.1 Å². The molecule has 2 atom stereocenters. The highest BCUT2D eigenvalue weighted by molar-refractivity contribution is 6.03. The molecule has 2 unspecified atom stereocenters. The van der Waals surface area contributed by atoms with Gasteiger partial charge in [0.2, 0.25) is 5.91 Å². The molecule has 1 aromatic carbocycles.